The number of hydrogen-bond acceptors (Lipinski definition) is 4. The largest absolute Gasteiger partial charge is 0.493 e. The molecule has 0 saturated carbocycles. The Morgan fingerprint density at radius 3 is 2.65 bits per heavy atom. The number of nitrogens with two attached hydrogens (primary N) is 1. The number of imidazole rings is 1. The van der Waals surface area contributed by atoms with Crippen LogP contribution in [0.5, 0.6) is 11.5 Å². The number of rotatable bonds is 6. The van der Waals surface area contributed by atoms with Gasteiger partial charge in [-0.05, 0) is 24.6 Å². The highest BCUT2D eigenvalue weighted by molar-refractivity contribution is 5.42. The van der Waals surface area contributed by atoms with Crippen molar-refractivity contribution in [1.29, 1.82) is 0 Å². The van der Waals surface area contributed by atoms with Crippen LogP contribution in [0.3, 0.4) is 0 Å². The van der Waals surface area contributed by atoms with Crippen LogP contribution < -0.4 is 15.2 Å². The maximum Gasteiger partial charge on any atom is 0.161 e. The highest BCUT2D eigenvalue weighted by Crippen LogP contribution is 2.27. The van der Waals surface area contributed by atoms with Gasteiger partial charge in [0.1, 0.15) is 0 Å². The molecule has 0 spiro atoms. The van der Waals surface area contributed by atoms with Gasteiger partial charge in [-0.25, -0.2) is 4.98 Å². The number of ether oxygens (including phenoxy) is 2. The lowest BCUT2D eigenvalue weighted by atomic mass is 10.2. The van der Waals surface area contributed by atoms with Gasteiger partial charge in [0.15, 0.2) is 11.5 Å². The Bertz CT molecular complexity index is 564. The summed E-state index contributed by atoms with van der Waals surface area (Å²) in [4.78, 5) is 4.36. The molecular weight excluding hydrogens is 254 g/mol. The zero-order chi connectivity index (χ0) is 14.5. The molecule has 1 unspecified atom stereocenters. The molecule has 2 N–H and O–H groups in total. The van der Waals surface area contributed by atoms with Crippen LogP contribution >= 0.6 is 0 Å². The first-order valence-electron chi connectivity index (χ1n) is 6.59. The summed E-state index contributed by atoms with van der Waals surface area (Å²) in [5, 5.41) is 0. The van der Waals surface area contributed by atoms with Gasteiger partial charge in [0.05, 0.1) is 26.2 Å². The van der Waals surface area contributed by atoms with Crippen LogP contribution in [0, 0.1) is 0 Å². The molecule has 0 radical (unpaired) electrons. The molecule has 20 heavy (non-hydrogen) atoms. The van der Waals surface area contributed by atoms with Crippen LogP contribution in [0.25, 0.3) is 0 Å². The minimum Gasteiger partial charge on any atom is -0.493 e. The molecule has 1 heterocycles. The lowest BCUT2D eigenvalue weighted by Gasteiger charge is -2.09. The van der Waals surface area contributed by atoms with Crippen LogP contribution in [0.15, 0.2) is 30.7 Å². The molecule has 5 heteroatoms. The van der Waals surface area contributed by atoms with Gasteiger partial charge in [0.2, 0.25) is 0 Å². The van der Waals surface area contributed by atoms with Crippen LogP contribution in [-0.4, -0.2) is 29.8 Å². The monoisotopic (exact) mass is 275 g/mol. The lowest BCUT2D eigenvalue weighted by Crippen LogP contribution is -2.17. The molecule has 0 aliphatic rings. The minimum atomic E-state index is 0.124. The Labute approximate surface area is 119 Å². The topological polar surface area (TPSA) is 62.3 Å². The summed E-state index contributed by atoms with van der Waals surface area (Å²) in [6.45, 7) is 2.72. The molecule has 0 aliphatic carbocycles. The molecule has 2 aromatic rings. The standard InChI is InChI=1S/C15H21N3O2/c1-11(16)6-13-9-18(10-17-13)8-12-4-5-14(19-2)15(7-12)20-3/h4-5,7,9-11H,6,8,16H2,1-3H3. The average Bonchev–Trinajstić information content (AvgIpc) is 2.85. The average molecular weight is 275 g/mol. The van der Waals surface area contributed by atoms with Crippen molar-refractivity contribution in [2.75, 3.05) is 14.2 Å². The second-order valence-corrected chi connectivity index (χ2v) is 4.91. The molecule has 0 fully saturated rings. The van der Waals surface area contributed by atoms with E-state index in [9.17, 15) is 0 Å². The van der Waals surface area contributed by atoms with Gasteiger partial charge in [-0.2, -0.15) is 0 Å². The predicted molar refractivity (Wildman–Crippen MR) is 78.2 cm³/mol. The quantitative estimate of drug-likeness (QED) is 0.873. The Hall–Kier alpha value is -2.01. The fourth-order valence-electron chi connectivity index (χ4n) is 2.12. The number of hydrogen-bond donors (Lipinski definition) is 1. The third kappa shape index (κ3) is 3.51. The second kappa shape index (κ2) is 6.43. The minimum absolute atomic E-state index is 0.124. The summed E-state index contributed by atoms with van der Waals surface area (Å²) in [5.74, 6) is 1.47. The fraction of sp³-hybridized carbons (Fsp3) is 0.400. The number of nitrogens with zero attached hydrogens (tertiary/aromatic N) is 2. The maximum absolute atomic E-state index is 5.78. The van der Waals surface area contributed by atoms with Crippen molar-refractivity contribution < 1.29 is 9.47 Å². The van der Waals surface area contributed by atoms with Crippen LogP contribution in [-0.2, 0) is 13.0 Å². The molecule has 1 aromatic carbocycles. The van der Waals surface area contributed by atoms with Crippen molar-refractivity contribution >= 4 is 0 Å². The molecule has 0 aliphatic heterocycles. The Kier molecular flexibility index (Phi) is 4.63. The summed E-state index contributed by atoms with van der Waals surface area (Å²) >= 11 is 0. The van der Waals surface area contributed by atoms with E-state index in [1.807, 2.05) is 42.2 Å². The van der Waals surface area contributed by atoms with E-state index in [0.29, 0.717) is 0 Å². The van der Waals surface area contributed by atoms with Gasteiger partial charge in [-0.15, -0.1) is 0 Å². The van der Waals surface area contributed by atoms with Crippen LogP contribution in [0.1, 0.15) is 18.2 Å². The summed E-state index contributed by atoms with van der Waals surface area (Å²) in [6, 6.07) is 6.03. The molecule has 1 atom stereocenters. The Balaban J connectivity index is 2.11. The summed E-state index contributed by atoms with van der Waals surface area (Å²) in [7, 11) is 3.27. The first kappa shape index (κ1) is 14.4. The van der Waals surface area contributed by atoms with Crippen molar-refractivity contribution in [3.8, 4) is 11.5 Å². The first-order valence-corrected chi connectivity index (χ1v) is 6.59. The molecular formula is C15H21N3O2. The van der Waals surface area contributed by atoms with E-state index in [2.05, 4.69) is 4.98 Å². The summed E-state index contributed by atoms with van der Waals surface area (Å²) in [6.07, 6.45) is 4.65. The van der Waals surface area contributed by atoms with Crippen LogP contribution in [0.2, 0.25) is 0 Å². The van der Waals surface area contributed by atoms with E-state index in [-0.39, 0.29) is 6.04 Å². The Morgan fingerprint density at radius 2 is 2.00 bits per heavy atom. The number of methoxy groups -OCH3 is 2. The van der Waals surface area contributed by atoms with Crippen molar-refractivity contribution in [2.24, 2.45) is 5.73 Å². The molecule has 2 rings (SSSR count). The van der Waals surface area contributed by atoms with E-state index in [4.69, 9.17) is 15.2 Å². The lowest BCUT2D eigenvalue weighted by molar-refractivity contribution is 0.354. The third-order valence-corrected chi connectivity index (χ3v) is 3.03. The highest BCUT2D eigenvalue weighted by Gasteiger charge is 2.06. The Morgan fingerprint density at radius 1 is 1.25 bits per heavy atom. The third-order valence-electron chi connectivity index (χ3n) is 3.03. The molecule has 108 valence electrons. The maximum atomic E-state index is 5.78. The highest BCUT2D eigenvalue weighted by atomic mass is 16.5. The zero-order valence-electron chi connectivity index (χ0n) is 12.2. The fourth-order valence-corrected chi connectivity index (χ4v) is 2.12. The van der Waals surface area contributed by atoms with Gasteiger partial charge in [0, 0.05) is 25.2 Å². The van der Waals surface area contributed by atoms with E-state index >= 15 is 0 Å². The van der Waals surface area contributed by atoms with Crippen molar-refractivity contribution in [1.82, 2.24) is 9.55 Å². The number of benzene rings is 1. The number of aromatic nitrogens is 2. The van der Waals surface area contributed by atoms with Gasteiger partial charge < -0.3 is 19.8 Å². The van der Waals surface area contributed by atoms with Gasteiger partial charge in [0.25, 0.3) is 0 Å². The molecule has 1 aromatic heterocycles. The van der Waals surface area contributed by atoms with Crippen molar-refractivity contribution in [3.63, 3.8) is 0 Å². The van der Waals surface area contributed by atoms with E-state index < -0.39 is 0 Å². The van der Waals surface area contributed by atoms with E-state index in [1.165, 1.54) is 0 Å². The predicted octanol–water partition coefficient (Wildman–Crippen LogP) is 1.84. The van der Waals surface area contributed by atoms with Crippen molar-refractivity contribution in [2.45, 2.75) is 25.9 Å². The second-order valence-electron chi connectivity index (χ2n) is 4.91. The molecule has 0 bridgehead atoms. The molecule has 0 amide bonds. The molecule has 0 saturated heterocycles. The first-order chi connectivity index (χ1) is 9.62. The van der Waals surface area contributed by atoms with Gasteiger partial charge in [-0.1, -0.05) is 6.07 Å². The van der Waals surface area contributed by atoms with E-state index in [1.54, 1.807) is 14.2 Å². The normalized spacial score (nSPS) is 12.2. The molecule has 5 nitrogen and oxygen atoms in total. The van der Waals surface area contributed by atoms with Gasteiger partial charge in [-0.3, -0.25) is 0 Å². The SMILES string of the molecule is COc1ccc(Cn2cnc(CC(C)N)c2)cc1OC. The summed E-state index contributed by atoms with van der Waals surface area (Å²) < 4.78 is 12.6. The van der Waals surface area contributed by atoms with E-state index in [0.717, 1.165) is 35.7 Å². The van der Waals surface area contributed by atoms with Gasteiger partial charge >= 0.3 is 0 Å². The van der Waals surface area contributed by atoms with Crippen molar-refractivity contribution in [3.05, 3.63) is 42.0 Å². The zero-order valence-corrected chi connectivity index (χ0v) is 12.2. The summed E-state index contributed by atoms with van der Waals surface area (Å²) in [5.41, 5.74) is 7.92. The smallest absolute Gasteiger partial charge is 0.161 e. The van der Waals surface area contributed by atoms with Crippen LogP contribution in [0.4, 0.5) is 0 Å².